The van der Waals surface area contributed by atoms with Gasteiger partial charge >= 0.3 is 18.1 Å². The van der Waals surface area contributed by atoms with Crippen molar-refractivity contribution < 1.29 is 27.5 Å². The summed E-state index contributed by atoms with van der Waals surface area (Å²) >= 11 is 0. The number of halogens is 3. The zero-order valence-corrected chi connectivity index (χ0v) is 18.5. The second-order valence-corrected chi connectivity index (χ2v) is 9.13. The van der Waals surface area contributed by atoms with E-state index >= 15 is 0 Å². The van der Waals surface area contributed by atoms with Gasteiger partial charge < -0.3 is 14.5 Å². The minimum absolute atomic E-state index is 0.0190. The van der Waals surface area contributed by atoms with Crippen LogP contribution in [0, 0.1) is 5.92 Å². The number of nitrogens with zero attached hydrogens (tertiary/aromatic N) is 2. The average Bonchev–Trinajstić information content (AvgIpc) is 3.43. The number of ether oxygens (including phenoxy) is 1. The Morgan fingerprint density at radius 3 is 2.00 bits per heavy atom. The van der Waals surface area contributed by atoms with Gasteiger partial charge in [0.15, 0.2) is 0 Å². The zero-order chi connectivity index (χ0) is 23.1. The Hall–Kier alpha value is -2.09. The summed E-state index contributed by atoms with van der Waals surface area (Å²) in [6.45, 7) is 7.43. The van der Waals surface area contributed by atoms with Crippen LogP contribution in [0.25, 0.3) is 0 Å². The van der Waals surface area contributed by atoms with Crippen molar-refractivity contribution in [1.82, 2.24) is 9.80 Å². The van der Waals surface area contributed by atoms with Crippen molar-refractivity contribution >= 4 is 11.9 Å². The molecule has 1 saturated heterocycles. The van der Waals surface area contributed by atoms with Crippen LogP contribution < -0.4 is 0 Å². The summed E-state index contributed by atoms with van der Waals surface area (Å²) in [4.78, 5) is 26.4. The van der Waals surface area contributed by atoms with E-state index in [0.717, 1.165) is 17.9 Å². The standard InChI is InChI=1S/C17H27F3N2O3.C6H6/c1-16(2,3)25-14(23)7-9-21-8-6-12(10-21)11-22(13-4-5-13)15(24)17(18,19)20;1-2-4-6-5-3-1/h12-13H,4-11H2,1-3H3;1-6H. The predicted molar refractivity (Wildman–Crippen MR) is 112 cm³/mol. The Morgan fingerprint density at radius 2 is 1.55 bits per heavy atom. The van der Waals surface area contributed by atoms with Gasteiger partial charge in [0.2, 0.25) is 0 Å². The molecule has 3 rings (SSSR count). The van der Waals surface area contributed by atoms with Crippen LogP contribution in [-0.4, -0.2) is 65.7 Å². The summed E-state index contributed by atoms with van der Waals surface area (Å²) in [7, 11) is 0. The number of carbonyl (C=O) groups excluding carboxylic acids is 2. The molecule has 1 saturated carbocycles. The normalized spacial score (nSPS) is 19.4. The van der Waals surface area contributed by atoms with Crippen LogP contribution in [0.1, 0.15) is 46.5 Å². The minimum atomic E-state index is -4.81. The first-order valence-electron chi connectivity index (χ1n) is 10.8. The molecule has 1 aromatic carbocycles. The number of amides is 1. The highest BCUT2D eigenvalue weighted by atomic mass is 19.4. The quantitative estimate of drug-likeness (QED) is 0.617. The molecule has 5 nitrogen and oxygen atoms in total. The summed E-state index contributed by atoms with van der Waals surface area (Å²) < 4.78 is 43.4. The molecule has 0 aromatic heterocycles. The van der Waals surface area contributed by atoms with Crippen LogP contribution >= 0.6 is 0 Å². The van der Waals surface area contributed by atoms with Crippen molar-refractivity contribution in [3.8, 4) is 0 Å². The summed E-state index contributed by atoms with van der Waals surface area (Å²) in [5.41, 5.74) is -0.520. The van der Waals surface area contributed by atoms with Crippen molar-refractivity contribution in [3.63, 3.8) is 0 Å². The first-order chi connectivity index (χ1) is 14.5. The number of likely N-dealkylation sites (tertiary alicyclic amines) is 1. The van der Waals surface area contributed by atoms with Crippen LogP contribution in [0.2, 0.25) is 0 Å². The van der Waals surface area contributed by atoms with E-state index < -0.39 is 17.7 Å². The second-order valence-electron chi connectivity index (χ2n) is 9.13. The molecule has 0 N–H and O–H groups in total. The molecule has 1 aromatic rings. The van der Waals surface area contributed by atoms with Crippen molar-refractivity contribution in [2.24, 2.45) is 5.92 Å². The van der Waals surface area contributed by atoms with E-state index in [1.165, 1.54) is 0 Å². The summed E-state index contributed by atoms with van der Waals surface area (Å²) in [5.74, 6) is -1.98. The molecule has 0 bridgehead atoms. The molecule has 0 radical (unpaired) electrons. The molecule has 1 aliphatic heterocycles. The fourth-order valence-electron chi connectivity index (χ4n) is 3.52. The van der Waals surface area contributed by atoms with Crippen LogP contribution in [-0.2, 0) is 14.3 Å². The van der Waals surface area contributed by atoms with Gasteiger partial charge in [-0.3, -0.25) is 9.59 Å². The number of esters is 1. The second kappa shape index (κ2) is 11.0. The van der Waals surface area contributed by atoms with Crippen LogP contribution in [0.4, 0.5) is 13.2 Å². The topological polar surface area (TPSA) is 49.9 Å². The van der Waals surface area contributed by atoms with Gasteiger partial charge in [-0.1, -0.05) is 36.4 Å². The first-order valence-corrected chi connectivity index (χ1v) is 10.8. The molecule has 2 fully saturated rings. The number of rotatable bonds is 6. The van der Waals surface area contributed by atoms with E-state index in [1.807, 2.05) is 36.4 Å². The van der Waals surface area contributed by atoms with Gasteiger partial charge in [-0.05, 0) is 52.5 Å². The molecule has 8 heteroatoms. The third kappa shape index (κ3) is 9.72. The number of benzene rings is 1. The maximum absolute atomic E-state index is 12.7. The SMILES string of the molecule is CC(C)(C)OC(=O)CCN1CCC(CN(C(=O)C(F)(F)F)C2CC2)C1.c1ccccc1. The van der Waals surface area contributed by atoms with Gasteiger partial charge in [0.25, 0.3) is 0 Å². The molecule has 174 valence electrons. The Balaban J connectivity index is 0.000000488. The van der Waals surface area contributed by atoms with Gasteiger partial charge in [0.1, 0.15) is 5.60 Å². The highest BCUT2D eigenvalue weighted by Crippen LogP contribution is 2.33. The van der Waals surface area contributed by atoms with Gasteiger partial charge in [-0.15, -0.1) is 0 Å². The third-order valence-corrected chi connectivity index (χ3v) is 5.03. The summed E-state index contributed by atoms with van der Waals surface area (Å²) in [6, 6.07) is 11.7. The van der Waals surface area contributed by atoms with E-state index in [1.54, 1.807) is 20.8 Å². The van der Waals surface area contributed by atoms with E-state index in [4.69, 9.17) is 4.74 Å². The smallest absolute Gasteiger partial charge is 0.460 e. The van der Waals surface area contributed by atoms with E-state index in [2.05, 4.69) is 4.90 Å². The fraction of sp³-hybridized carbons (Fsp3) is 0.652. The highest BCUT2D eigenvalue weighted by molar-refractivity contribution is 5.82. The number of hydrogen-bond acceptors (Lipinski definition) is 4. The van der Waals surface area contributed by atoms with Crippen LogP contribution in [0.15, 0.2) is 36.4 Å². The van der Waals surface area contributed by atoms with Crippen molar-refractivity contribution in [2.75, 3.05) is 26.2 Å². The molecule has 1 amide bonds. The average molecular weight is 443 g/mol. The third-order valence-electron chi connectivity index (χ3n) is 5.03. The maximum Gasteiger partial charge on any atom is 0.471 e. The van der Waals surface area contributed by atoms with Crippen molar-refractivity contribution in [3.05, 3.63) is 36.4 Å². The minimum Gasteiger partial charge on any atom is -0.460 e. The largest absolute Gasteiger partial charge is 0.471 e. The molecule has 1 aliphatic carbocycles. The molecule has 0 spiro atoms. The molecule has 31 heavy (non-hydrogen) atoms. The molecular weight excluding hydrogens is 409 g/mol. The molecule has 1 atom stereocenters. The van der Waals surface area contributed by atoms with Crippen LogP contribution in [0.3, 0.4) is 0 Å². The maximum atomic E-state index is 12.7. The first kappa shape index (κ1) is 25.2. The van der Waals surface area contributed by atoms with E-state index in [9.17, 15) is 22.8 Å². The van der Waals surface area contributed by atoms with E-state index in [-0.39, 0.29) is 30.9 Å². The van der Waals surface area contributed by atoms with E-state index in [0.29, 0.717) is 25.9 Å². The van der Waals surface area contributed by atoms with Gasteiger partial charge in [0.05, 0.1) is 6.42 Å². The Kier molecular flexibility index (Phi) is 8.91. The molecule has 1 heterocycles. The van der Waals surface area contributed by atoms with Gasteiger partial charge in [-0.2, -0.15) is 13.2 Å². The Bertz CT molecular complexity index is 674. The number of alkyl halides is 3. The van der Waals surface area contributed by atoms with Gasteiger partial charge in [-0.25, -0.2) is 0 Å². The summed E-state index contributed by atoms with van der Waals surface area (Å²) in [6.07, 6.45) is -2.51. The number of carbonyl (C=O) groups is 2. The lowest BCUT2D eigenvalue weighted by Gasteiger charge is -2.26. The van der Waals surface area contributed by atoms with Crippen molar-refractivity contribution in [1.29, 1.82) is 0 Å². The summed E-state index contributed by atoms with van der Waals surface area (Å²) in [5, 5.41) is 0. The molecule has 2 aliphatic rings. The lowest BCUT2D eigenvalue weighted by atomic mass is 10.1. The highest BCUT2D eigenvalue weighted by Gasteiger charge is 2.47. The van der Waals surface area contributed by atoms with Gasteiger partial charge in [0, 0.05) is 25.7 Å². The monoisotopic (exact) mass is 442 g/mol. The lowest BCUT2D eigenvalue weighted by Crippen LogP contribution is -2.45. The Morgan fingerprint density at radius 1 is 1.00 bits per heavy atom. The Labute approximate surface area is 182 Å². The van der Waals surface area contributed by atoms with Crippen molar-refractivity contribution in [2.45, 2.75) is 64.3 Å². The van der Waals surface area contributed by atoms with Crippen LogP contribution in [0.5, 0.6) is 0 Å². The molecular formula is C23H33F3N2O3. The fourth-order valence-corrected chi connectivity index (χ4v) is 3.52. The predicted octanol–water partition coefficient (Wildman–Crippen LogP) is 4.28. The molecule has 1 unspecified atom stereocenters. The lowest BCUT2D eigenvalue weighted by molar-refractivity contribution is -0.186. The zero-order valence-electron chi connectivity index (χ0n) is 18.5. The number of hydrogen-bond donors (Lipinski definition) is 0.